The zero-order valence-corrected chi connectivity index (χ0v) is 16.2. The van der Waals surface area contributed by atoms with Crippen LogP contribution in [0.25, 0.3) is 0 Å². The van der Waals surface area contributed by atoms with Gasteiger partial charge in [0.05, 0.1) is 13.2 Å². The fourth-order valence-corrected chi connectivity index (χ4v) is 4.42. The maximum absolute atomic E-state index is 10.3. The molecule has 1 aliphatic rings. The van der Waals surface area contributed by atoms with Gasteiger partial charge in [0.2, 0.25) is 0 Å². The number of benzene rings is 1. The highest BCUT2D eigenvalue weighted by molar-refractivity contribution is 7.12. The lowest BCUT2D eigenvalue weighted by Crippen LogP contribution is -2.55. The van der Waals surface area contributed by atoms with Crippen molar-refractivity contribution in [2.75, 3.05) is 13.2 Å². The lowest BCUT2D eigenvalue weighted by molar-refractivity contribution is -0.230. The van der Waals surface area contributed by atoms with E-state index in [0.29, 0.717) is 6.61 Å². The van der Waals surface area contributed by atoms with Crippen LogP contribution in [0.2, 0.25) is 0 Å². The number of aryl methyl sites for hydroxylation is 1. The number of aliphatic hydroxyl groups is 4. The zero-order valence-electron chi connectivity index (χ0n) is 15.4. The van der Waals surface area contributed by atoms with E-state index in [9.17, 15) is 20.4 Å². The van der Waals surface area contributed by atoms with Gasteiger partial charge in [0.1, 0.15) is 36.3 Å². The first kappa shape index (κ1) is 20.3. The third-order valence-corrected chi connectivity index (χ3v) is 6.00. The molecule has 0 radical (unpaired) electrons. The molecular formula is C20H26O6S. The van der Waals surface area contributed by atoms with Gasteiger partial charge in [-0.15, -0.1) is 11.3 Å². The molecule has 148 valence electrons. The van der Waals surface area contributed by atoms with Gasteiger partial charge in [-0.1, -0.05) is 12.1 Å². The Kier molecular flexibility index (Phi) is 6.52. The number of ether oxygens (including phenoxy) is 2. The Morgan fingerprint density at radius 1 is 1.07 bits per heavy atom. The number of thiophene rings is 1. The summed E-state index contributed by atoms with van der Waals surface area (Å²) in [5, 5.41) is 39.6. The minimum atomic E-state index is -1.36. The van der Waals surface area contributed by atoms with Crippen LogP contribution < -0.4 is 4.74 Å². The SMILES string of the molecule is CCOc1ccc(Cc2cc([C@@H]3O[C@H](CO)[C@@H](O)[C@H](O)[C@H]3O)sc2C)cc1. The van der Waals surface area contributed by atoms with Crippen LogP contribution in [-0.4, -0.2) is 58.1 Å². The summed E-state index contributed by atoms with van der Waals surface area (Å²) < 4.78 is 11.1. The van der Waals surface area contributed by atoms with E-state index >= 15 is 0 Å². The lowest BCUT2D eigenvalue weighted by Gasteiger charge is -2.39. The summed E-state index contributed by atoms with van der Waals surface area (Å²) in [5.41, 5.74) is 2.25. The predicted molar refractivity (Wildman–Crippen MR) is 102 cm³/mol. The quantitative estimate of drug-likeness (QED) is 0.594. The minimum absolute atomic E-state index is 0.426. The highest BCUT2D eigenvalue weighted by atomic mass is 32.1. The van der Waals surface area contributed by atoms with Crippen molar-refractivity contribution in [1.82, 2.24) is 0 Å². The molecule has 4 N–H and O–H groups in total. The summed E-state index contributed by atoms with van der Waals surface area (Å²) in [6.45, 7) is 4.15. The average molecular weight is 394 g/mol. The Morgan fingerprint density at radius 2 is 1.78 bits per heavy atom. The Bertz CT molecular complexity index is 741. The van der Waals surface area contributed by atoms with Crippen LogP contribution in [0.1, 0.15) is 33.9 Å². The topological polar surface area (TPSA) is 99.4 Å². The molecule has 1 aliphatic heterocycles. The second-order valence-corrected chi connectivity index (χ2v) is 8.02. The van der Waals surface area contributed by atoms with E-state index < -0.39 is 37.1 Å². The molecule has 2 aromatic rings. The molecule has 7 heteroatoms. The molecule has 0 saturated carbocycles. The van der Waals surface area contributed by atoms with E-state index in [-0.39, 0.29) is 0 Å². The van der Waals surface area contributed by atoms with Crippen molar-refractivity contribution in [2.45, 2.75) is 50.8 Å². The van der Waals surface area contributed by atoms with Crippen molar-refractivity contribution in [3.8, 4) is 5.75 Å². The second kappa shape index (κ2) is 8.68. The normalized spacial score (nSPS) is 28.3. The summed E-state index contributed by atoms with van der Waals surface area (Å²) in [5.74, 6) is 0.838. The molecule has 27 heavy (non-hydrogen) atoms. The van der Waals surface area contributed by atoms with Crippen molar-refractivity contribution in [3.63, 3.8) is 0 Å². The number of aliphatic hydroxyl groups excluding tert-OH is 4. The Labute approximate surface area is 162 Å². The van der Waals surface area contributed by atoms with Crippen molar-refractivity contribution in [2.24, 2.45) is 0 Å². The summed E-state index contributed by atoms with van der Waals surface area (Å²) in [6, 6.07) is 9.90. The Balaban J connectivity index is 1.77. The van der Waals surface area contributed by atoms with Gasteiger partial charge in [-0.2, -0.15) is 0 Å². The van der Waals surface area contributed by atoms with E-state index in [1.165, 1.54) is 11.3 Å². The van der Waals surface area contributed by atoms with Crippen LogP contribution in [0.4, 0.5) is 0 Å². The maximum atomic E-state index is 10.3. The van der Waals surface area contributed by atoms with Gasteiger partial charge >= 0.3 is 0 Å². The monoisotopic (exact) mass is 394 g/mol. The zero-order chi connectivity index (χ0) is 19.6. The van der Waals surface area contributed by atoms with E-state index in [2.05, 4.69) is 0 Å². The van der Waals surface area contributed by atoms with E-state index in [1.54, 1.807) is 0 Å². The van der Waals surface area contributed by atoms with Gasteiger partial charge in [0.25, 0.3) is 0 Å². The maximum Gasteiger partial charge on any atom is 0.121 e. The van der Waals surface area contributed by atoms with Gasteiger partial charge in [0, 0.05) is 9.75 Å². The fourth-order valence-electron chi connectivity index (χ4n) is 3.29. The van der Waals surface area contributed by atoms with Crippen LogP contribution in [0.3, 0.4) is 0 Å². The molecule has 0 aliphatic carbocycles. The van der Waals surface area contributed by atoms with Crippen molar-refractivity contribution >= 4 is 11.3 Å². The smallest absolute Gasteiger partial charge is 0.121 e. The summed E-state index contributed by atoms with van der Waals surface area (Å²) in [7, 11) is 0. The molecule has 1 aromatic heterocycles. The van der Waals surface area contributed by atoms with E-state index in [4.69, 9.17) is 9.47 Å². The average Bonchev–Trinajstić information content (AvgIpc) is 3.02. The third kappa shape index (κ3) is 4.34. The van der Waals surface area contributed by atoms with Crippen molar-refractivity contribution < 1.29 is 29.9 Å². The predicted octanol–water partition coefficient (Wildman–Crippen LogP) is 1.56. The second-order valence-electron chi connectivity index (χ2n) is 6.73. The Morgan fingerprint density at radius 3 is 2.41 bits per heavy atom. The molecular weight excluding hydrogens is 368 g/mol. The fraction of sp³-hybridized carbons (Fsp3) is 0.500. The molecule has 0 bridgehead atoms. The van der Waals surface area contributed by atoms with Crippen LogP contribution in [0.15, 0.2) is 30.3 Å². The Hall–Kier alpha value is -1.48. The highest BCUT2D eigenvalue weighted by Crippen LogP contribution is 2.37. The lowest BCUT2D eigenvalue weighted by atomic mass is 9.94. The molecule has 5 atom stereocenters. The van der Waals surface area contributed by atoms with E-state index in [1.807, 2.05) is 44.2 Å². The molecule has 3 rings (SSSR count). The molecule has 0 spiro atoms. The van der Waals surface area contributed by atoms with Gasteiger partial charge < -0.3 is 29.9 Å². The molecule has 1 saturated heterocycles. The van der Waals surface area contributed by atoms with Crippen molar-refractivity contribution in [3.05, 3.63) is 51.2 Å². The summed E-state index contributed by atoms with van der Waals surface area (Å²) in [4.78, 5) is 1.86. The minimum Gasteiger partial charge on any atom is -0.494 e. The molecule has 6 nitrogen and oxygen atoms in total. The van der Waals surface area contributed by atoms with Crippen LogP contribution in [-0.2, 0) is 11.2 Å². The van der Waals surface area contributed by atoms with E-state index in [0.717, 1.165) is 33.1 Å². The highest BCUT2D eigenvalue weighted by Gasteiger charge is 2.44. The number of rotatable bonds is 6. The largest absolute Gasteiger partial charge is 0.494 e. The van der Waals surface area contributed by atoms with Crippen molar-refractivity contribution in [1.29, 1.82) is 0 Å². The molecule has 1 fully saturated rings. The third-order valence-electron chi connectivity index (χ3n) is 4.84. The van der Waals surface area contributed by atoms with Crippen LogP contribution in [0, 0.1) is 6.92 Å². The standard InChI is InChI=1S/C20H26O6S/c1-3-25-14-6-4-12(5-7-14)8-13-9-16(27-11(13)2)20-19(24)18(23)17(22)15(10-21)26-20/h4-7,9,15,17-24H,3,8,10H2,1-2H3/t15-,17-,18+,19-,20+/m1/s1. The van der Waals surface area contributed by atoms with Crippen LogP contribution >= 0.6 is 11.3 Å². The number of hydrogen-bond donors (Lipinski definition) is 4. The van der Waals surface area contributed by atoms with Gasteiger partial charge in [-0.25, -0.2) is 0 Å². The molecule has 2 heterocycles. The first-order valence-corrected chi connectivity index (χ1v) is 9.87. The van der Waals surface area contributed by atoms with Crippen LogP contribution in [0.5, 0.6) is 5.75 Å². The van der Waals surface area contributed by atoms with Gasteiger partial charge in [-0.05, 0) is 49.6 Å². The molecule has 0 amide bonds. The van der Waals surface area contributed by atoms with Gasteiger partial charge in [-0.3, -0.25) is 0 Å². The summed E-state index contributed by atoms with van der Waals surface area (Å²) >= 11 is 1.49. The first-order chi connectivity index (χ1) is 12.9. The molecule has 1 aromatic carbocycles. The number of hydrogen-bond acceptors (Lipinski definition) is 7. The first-order valence-electron chi connectivity index (χ1n) is 9.06. The van der Waals surface area contributed by atoms with Gasteiger partial charge in [0.15, 0.2) is 0 Å². The molecule has 0 unspecified atom stereocenters. The summed E-state index contributed by atoms with van der Waals surface area (Å²) in [6.07, 6.45) is -4.90.